The first kappa shape index (κ1) is 27.8. The van der Waals surface area contributed by atoms with Crippen molar-refractivity contribution < 1.29 is 41.0 Å². The summed E-state index contributed by atoms with van der Waals surface area (Å²) in [4.78, 5) is 13.5. The highest BCUT2D eigenvalue weighted by molar-refractivity contribution is 5.71. The SMILES string of the molecule is C[C@H](C(=O)O)C(c1ccc2c(c1)OC(C1CN(Cc3cc(C(F)(F)F)ccc3C(F)(F)F)C1)CCC2)C1CC1. The molecule has 1 N–H and O–H groups in total. The van der Waals surface area contributed by atoms with E-state index >= 15 is 0 Å². The summed E-state index contributed by atoms with van der Waals surface area (Å²) in [6.07, 6.45) is -5.19. The summed E-state index contributed by atoms with van der Waals surface area (Å²) in [6.45, 7) is 2.36. The van der Waals surface area contributed by atoms with Gasteiger partial charge in [-0.3, -0.25) is 9.69 Å². The summed E-state index contributed by atoms with van der Waals surface area (Å²) in [7, 11) is 0. The Kier molecular flexibility index (Phi) is 7.37. The van der Waals surface area contributed by atoms with E-state index in [9.17, 15) is 36.2 Å². The number of rotatable bonds is 7. The maximum atomic E-state index is 13.5. The van der Waals surface area contributed by atoms with Gasteiger partial charge in [-0.2, -0.15) is 26.3 Å². The van der Waals surface area contributed by atoms with Crippen LogP contribution in [0.1, 0.15) is 66.3 Å². The van der Waals surface area contributed by atoms with Crippen LogP contribution in [0.15, 0.2) is 36.4 Å². The molecule has 212 valence electrons. The number of carboxylic acids is 1. The van der Waals surface area contributed by atoms with E-state index in [1.54, 1.807) is 11.8 Å². The van der Waals surface area contributed by atoms with Crippen molar-refractivity contribution in [3.63, 3.8) is 0 Å². The van der Waals surface area contributed by atoms with Crippen LogP contribution in [0.2, 0.25) is 0 Å². The summed E-state index contributed by atoms with van der Waals surface area (Å²) in [5.74, 6) is -0.328. The van der Waals surface area contributed by atoms with Crippen LogP contribution in [-0.2, 0) is 30.1 Å². The quantitative estimate of drug-likeness (QED) is 0.369. The number of aliphatic carboxylic acids is 1. The summed E-state index contributed by atoms with van der Waals surface area (Å²) in [6, 6.07) is 7.56. The number of nitrogens with zero attached hydrogens (tertiary/aromatic N) is 1. The normalized spacial score (nSPS) is 22.3. The molecule has 2 aromatic carbocycles. The van der Waals surface area contributed by atoms with Crippen LogP contribution in [0, 0.1) is 17.8 Å². The maximum absolute atomic E-state index is 13.5. The van der Waals surface area contributed by atoms with Crippen molar-refractivity contribution in [2.45, 2.75) is 69.9 Å². The fourth-order valence-electron chi connectivity index (χ4n) is 6.11. The van der Waals surface area contributed by atoms with E-state index < -0.39 is 35.4 Å². The predicted octanol–water partition coefficient (Wildman–Crippen LogP) is 7.15. The smallest absolute Gasteiger partial charge is 0.416 e. The number of benzene rings is 2. The fourth-order valence-corrected chi connectivity index (χ4v) is 6.11. The Morgan fingerprint density at radius 2 is 1.74 bits per heavy atom. The van der Waals surface area contributed by atoms with Crippen molar-refractivity contribution in [3.8, 4) is 5.75 Å². The van der Waals surface area contributed by atoms with Gasteiger partial charge in [0, 0.05) is 25.6 Å². The van der Waals surface area contributed by atoms with Gasteiger partial charge in [0.25, 0.3) is 0 Å². The van der Waals surface area contributed by atoms with E-state index in [-0.39, 0.29) is 30.0 Å². The molecule has 2 heterocycles. The van der Waals surface area contributed by atoms with Crippen molar-refractivity contribution in [1.29, 1.82) is 0 Å². The summed E-state index contributed by atoms with van der Waals surface area (Å²) < 4.78 is 86.4. The lowest BCUT2D eigenvalue weighted by Crippen LogP contribution is -2.52. The van der Waals surface area contributed by atoms with Crippen LogP contribution in [0.3, 0.4) is 0 Å². The Morgan fingerprint density at radius 1 is 1.03 bits per heavy atom. The van der Waals surface area contributed by atoms with E-state index in [1.807, 2.05) is 18.2 Å². The van der Waals surface area contributed by atoms with Crippen molar-refractivity contribution >= 4 is 5.97 Å². The molecular weight excluding hydrogens is 524 g/mol. The molecule has 0 aromatic heterocycles. The largest absolute Gasteiger partial charge is 0.490 e. The number of carbonyl (C=O) groups is 1. The van der Waals surface area contributed by atoms with Gasteiger partial charge >= 0.3 is 18.3 Å². The molecule has 2 unspecified atom stereocenters. The molecule has 5 rings (SSSR count). The second-order valence-corrected chi connectivity index (χ2v) is 11.2. The van der Waals surface area contributed by atoms with Gasteiger partial charge in [0.15, 0.2) is 0 Å². The molecule has 0 spiro atoms. The van der Waals surface area contributed by atoms with Crippen LogP contribution in [0.4, 0.5) is 26.3 Å². The zero-order chi connectivity index (χ0) is 28.1. The molecule has 4 nitrogen and oxygen atoms in total. The molecule has 2 fully saturated rings. The highest BCUT2D eigenvalue weighted by Crippen LogP contribution is 2.48. The van der Waals surface area contributed by atoms with Gasteiger partial charge in [-0.1, -0.05) is 19.1 Å². The lowest BCUT2D eigenvalue weighted by molar-refractivity contribution is -0.142. The van der Waals surface area contributed by atoms with Gasteiger partial charge in [-0.05, 0) is 84.9 Å². The lowest BCUT2D eigenvalue weighted by atomic mass is 9.82. The summed E-state index contributed by atoms with van der Waals surface area (Å²) in [5.41, 5.74) is -0.526. The first-order valence-electron chi connectivity index (χ1n) is 13.3. The molecule has 10 heteroatoms. The molecule has 1 saturated heterocycles. The third-order valence-electron chi connectivity index (χ3n) is 8.39. The van der Waals surface area contributed by atoms with Crippen LogP contribution < -0.4 is 4.74 Å². The number of aryl methyl sites for hydroxylation is 1. The summed E-state index contributed by atoms with van der Waals surface area (Å²) in [5, 5.41) is 9.62. The molecule has 2 aromatic rings. The summed E-state index contributed by atoms with van der Waals surface area (Å²) >= 11 is 0. The Morgan fingerprint density at radius 3 is 2.36 bits per heavy atom. The zero-order valence-electron chi connectivity index (χ0n) is 21.5. The number of hydrogen-bond donors (Lipinski definition) is 1. The standard InChI is InChI=1S/C29H31F6NO3/c1-16(27(37)38)26(18-6-7-18)19-8-5-17-3-2-4-24(39-25(17)12-19)21-14-36(15-21)13-20-11-22(28(30,31)32)9-10-23(20)29(33,34)35/h5,8-12,16,18,21,24,26H,2-4,6-7,13-15H2,1H3,(H,37,38)/t16-,24?,26?/m0/s1. The Balaban J connectivity index is 1.28. The second-order valence-electron chi connectivity index (χ2n) is 11.2. The number of halogens is 6. The van der Waals surface area contributed by atoms with Gasteiger partial charge < -0.3 is 9.84 Å². The zero-order valence-corrected chi connectivity index (χ0v) is 21.5. The molecule has 1 saturated carbocycles. The number of carboxylic acid groups (broad SMARTS) is 1. The average Bonchev–Trinajstić information content (AvgIpc) is 3.67. The van der Waals surface area contributed by atoms with E-state index in [1.165, 1.54) is 0 Å². The Bertz CT molecular complexity index is 1220. The number of alkyl halides is 6. The van der Waals surface area contributed by atoms with E-state index in [0.717, 1.165) is 49.0 Å². The first-order chi connectivity index (χ1) is 18.3. The van der Waals surface area contributed by atoms with Crippen LogP contribution in [0.5, 0.6) is 5.75 Å². The molecule has 0 bridgehead atoms. The van der Waals surface area contributed by atoms with Crippen molar-refractivity contribution in [2.24, 2.45) is 17.8 Å². The predicted molar refractivity (Wildman–Crippen MR) is 131 cm³/mol. The maximum Gasteiger partial charge on any atom is 0.416 e. The minimum absolute atomic E-state index is 0.0388. The number of likely N-dealkylation sites (tertiary alicyclic amines) is 1. The third-order valence-corrected chi connectivity index (χ3v) is 8.39. The van der Waals surface area contributed by atoms with Crippen molar-refractivity contribution in [1.82, 2.24) is 4.90 Å². The number of fused-ring (bicyclic) bond motifs is 1. The van der Waals surface area contributed by atoms with Crippen LogP contribution in [0.25, 0.3) is 0 Å². The second kappa shape index (κ2) is 10.3. The molecule has 39 heavy (non-hydrogen) atoms. The van der Waals surface area contributed by atoms with Gasteiger partial charge in [0.2, 0.25) is 0 Å². The molecule has 0 radical (unpaired) electrons. The first-order valence-corrected chi connectivity index (χ1v) is 13.3. The number of hydrogen-bond acceptors (Lipinski definition) is 3. The minimum atomic E-state index is -4.74. The van der Waals surface area contributed by atoms with Crippen LogP contribution in [-0.4, -0.2) is 35.2 Å². The molecule has 3 aliphatic rings. The highest BCUT2D eigenvalue weighted by atomic mass is 19.4. The molecular formula is C29H31F6NO3. The van der Waals surface area contributed by atoms with E-state index in [4.69, 9.17) is 4.74 Å². The van der Waals surface area contributed by atoms with Gasteiger partial charge in [0.05, 0.1) is 17.0 Å². The van der Waals surface area contributed by atoms with Gasteiger partial charge in [-0.25, -0.2) is 0 Å². The Labute approximate surface area is 222 Å². The molecule has 3 atom stereocenters. The molecule has 1 aliphatic carbocycles. The fraction of sp³-hybridized carbons (Fsp3) is 0.552. The van der Waals surface area contributed by atoms with Crippen molar-refractivity contribution in [2.75, 3.05) is 13.1 Å². The number of ether oxygens (including phenoxy) is 1. The third kappa shape index (κ3) is 6.05. The topological polar surface area (TPSA) is 49.8 Å². The molecule has 2 aliphatic heterocycles. The van der Waals surface area contributed by atoms with Crippen molar-refractivity contribution in [3.05, 3.63) is 64.2 Å². The Hall–Kier alpha value is -2.75. The van der Waals surface area contributed by atoms with E-state index in [0.29, 0.717) is 37.2 Å². The highest BCUT2D eigenvalue weighted by Gasteiger charge is 2.41. The lowest BCUT2D eigenvalue weighted by Gasteiger charge is -2.43. The van der Waals surface area contributed by atoms with E-state index in [2.05, 4.69) is 0 Å². The molecule has 0 amide bonds. The van der Waals surface area contributed by atoms with Gasteiger partial charge in [0.1, 0.15) is 11.9 Å². The van der Waals surface area contributed by atoms with Gasteiger partial charge in [-0.15, -0.1) is 0 Å². The minimum Gasteiger partial charge on any atom is -0.490 e. The average molecular weight is 556 g/mol. The van der Waals surface area contributed by atoms with Crippen LogP contribution >= 0.6 is 0 Å². The monoisotopic (exact) mass is 555 g/mol.